The normalized spacial score (nSPS) is 20.9. The summed E-state index contributed by atoms with van der Waals surface area (Å²) in [5.41, 5.74) is 1.21. The summed E-state index contributed by atoms with van der Waals surface area (Å²) in [6.07, 6.45) is 7.46. The lowest BCUT2D eigenvalue weighted by molar-refractivity contribution is 0.122. The second-order valence-electron chi connectivity index (χ2n) is 7.72. The van der Waals surface area contributed by atoms with Crippen LogP contribution in [0.5, 0.6) is 0 Å². The molecule has 1 saturated carbocycles. The van der Waals surface area contributed by atoms with Gasteiger partial charge in [0, 0.05) is 63.1 Å². The highest BCUT2D eigenvalue weighted by molar-refractivity contribution is 5.47. The summed E-state index contributed by atoms with van der Waals surface area (Å²) in [6, 6.07) is 4.21. The number of nitrogens with zero attached hydrogens (tertiary/aromatic N) is 7. The molecule has 4 heterocycles. The van der Waals surface area contributed by atoms with Gasteiger partial charge < -0.3 is 19.4 Å². The van der Waals surface area contributed by atoms with Gasteiger partial charge in [-0.25, -0.2) is 15.0 Å². The monoisotopic (exact) mass is 381 g/mol. The minimum absolute atomic E-state index is 0.641. The molecule has 8 nitrogen and oxygen atoms in total. The van der Waals surface area contributed by atoms with Crippen LogP contribution in [0.4, 0.5) is 17.6 Å². The van der Waals surface area contributed by atoms with Crippen molar-refractivity contribution in [3.63, 3.8) is 0 Å². The van der Waals surface area contributed by atoms with Gasteiger partial charge in [0.05, 0.1) is 13.2 Å². The number of morpholine rings is 1. The van der Waals surface area contributed by atoms with E-state index in [1.54, 1.807) is 6.33 Å². The molecule has 1 aliphatic carbocycles. The predicted octanol–water partition coefficient (Wildman–Crippen LogP) is 1.70. The topological polar surface area (TPSA) is 70.5 Å². The minimum Gasteiger partial charge on any atom is -0.378 e. The van der Waals surface area contributed by atoms with Crippen LogP contribution in [0, 0.1) is 0 Å². The maximum atomic E-state index is 5.43. The van der Waals surface area contributed by atoms with Crippen molar-refractivity contribution in [2.45, 2.75) is 25.2 Å². The number of hydrogen-bond donors (Lipinski definition) is 0. The summed E-state index contributed by atoms with van der Waals surface area (Å²) in [4.78, 5) is 25.2. The van der Waals surface area contributed by atoms with Crippen LogP contribution < -0.4 is 14.7 Å². The Morgan fingerprint density at radius 3 is 2.29 bits per heavy atom. The van der Waals surface area contributed by atoms with Crippen LogP contribution in [0.25, 0.3) is 0 Å². The molecule has 148 valence electrons. The van der Waals surface area contributed by atoms with Crippen LogP contribution in [0.15, 0.2) is 24.7 Å². The fourth-order valence-electron chi connectivity index (χ4n) is 4.06. The summed E-state index contributed by atoms with van der Waals surface area (Å²) in [5, 5.41) is 0. The molecule has 0 bridgehead atoms. The van der Waals surface area contributed by atoms with Gasteiger partial charge in [-0.2, -0.15) is 4.98 Å². The average molecular weight is 381 g/mol. The number of rotatable bonds is 4. The number of piperazine rings is 1. The molecule has 0 aromatic carbocycles. The van der Waals surface area contributed by atoms with Gasteiger partial charge in [0.1, 0.15) is 18.0 Å². The molecule has 8 heteroatoms. The quantitative estimate of drug-likeness (QED) is 0.793. The molecular formula is C20H27N7O. The lowest BCUT2D eigenvalue weighted by Gasteiger charge is -2.36. The third kappa shape index (κ3) is 3.61. The van der Waals surface area contributed by atoms with Gasteiger partial charge in [-0.1, -0.05) is 6.42 Å². The second kappa shape index (κ2) is 7.87. The fourth-order valence-corrected chi connectivity index (χ4v) is 4.06. The Balaban J connectivity index is 1.23. The Morgan fingerprint density at radius 1 is 0.821 bits per heavy atom. The molecule has 0 unspecified atom stereocenters. The molecule has 0 atom stereocenters. The summed E-state index contributed by atoms with van der Waals surface area (Å²) in [7, 11) is 0. The molecule has 2 aromatic heterocycles. The lowest BCUT2D eigenvalue weighted by atomic mass is 9.83. The Morgan fingerprint density at radius 2 is 1.57 bits per heavy atom. The molecule has 3 fully saturated rings. The van der Waals surface area contributed by atoms with Crippen LogP contribution in [0.2, 0.25) is 0 Å². The van der Waals surface area contributed by atoms with E-state index in [2.05, 4.69) is 35.7 Å². The molecule has 2 aliphatic heterocycles. The van der Waals surface area contributed by atoms with Crippen molar-refractivity contribution in [2.24, 2.45) is 0 Å². The van der Waals surface area contributed by atoms with Crippen molar-refractivity contribution in [3.05, 3.63) is 30.4 Å². The number of anilines is 3. The lowest BCUT2D eigenvalue weighted by Crippen LogP contribution is -2.47. The summed E-state index contributed by atoms with van der Waals surface area (Å²) >= 11 is 0. The van der Waals surface area contributed by atoms with E-state index in [0.29, 0.717) is 5.92 Å². The van der Waals surface area contributed by atoms with Crippen LogP contribution >= 0.6 is 0 Å². The van der Waals surface area contributed by atoms with Crippen molar-refractivity contribution in [1.82, 2.24) is 19.9 Å². The number of ether oxygens (including phenoxy) is 1. The van der Waals surface area contributed by atoms with E-state index < -0.39 is 0 Å². The van der Waals surface area contributed by atoms with Gasteiger partial charge in [0.15, 0.2) is 0 Å². The first kappa shape index (κ1) is 17.6. The van der Waals surface area contributed by atoms with Gasteiger partial charge >= 0.3 is 0 Å². The first-order valence-corrected chi connectivity index (χ1v) is 10.3. The van der Waals surface area contributed by atoms with Gasteiger partial charge in [0.25, 0.3) is 0 Å². The van der Waals surface area contributed by atoms with E-state index in [-0.39, 0.29) is 0 Å². The summed E-state index contributed by atoms with van der Waals surface area (Å²) in [5.74, 6) is 3.52. The van der Waals surface area contributed by atoms with E-state index in [1.165, 1.54) is 25.0 Å². The highest BCUT2D eigenvalue weighted by Gasteiger charge is 2.24. The van der Waals surface area contributed by atoms with Crippen LogP contribution in [0.3, 0.4) is 0 Å². The van der Waals surface area contributed by atoms with Crippen molar-refractivity contribution in [1.29, 1.82) is 0 Å². The molecule has 3 aliphatic rings. The molecule has 5 rings (SSSR count). The SMILES string of the molecule is c1nc(C2CCC2)cc(N2CCN(c3ccnc(N4CCOCC4)n3)CC2)n1. The first-order chi connectivity index (χ1) is 13.9. The van der Waals surface area contributed by atoms with Crippen molar-refractivity contribution >= 4 is 17.6 Å². The summed E-state index contributed by atoms with van der Waals surface area (Å²) in [6.45, 7) is 6.95. The van der Waals surface area contributed by atoms with Gasteiger partial charge in [-0.15, -0.1) is 0 Å². The Hall–Kier alpha value is -2.48. The highest BCUT2D eigenvalue weighted by atomic mass is 16.5. The molecule has 0 spiro atoms. The second-order valence-corrected chi connectivity index (χ2v) is 7.72. The van der Waals surface area contributed by atoms with Crippen molar-refractivity contribution < 1.29 is 4.74 Å². The molecular weight excluding hydrogens is 354 g/mol. The Labute approximate surface area is 165 Å². The largest absolute Gasteiger partial charge is 0.378 e. The molecule has 2 aromatic rings. The molecule has 28 heavy (non-hydrogen) atoms. The maximum Gasteiger partial charge on any atom is 0.227 e. The maximum absolute atomic E-state index is 5.43. The van der Waals surface area contributed by atoms with Gasteiger partial charge in [0.2, 0.25) is 5.95 Å². The highest BCUT2D eigenvalue weighted by Crippen LogP contribution is 2.36. The molecule has 0 N–H and O–H groups in total. The zero-order valence-electron chi connectivity index (χ0n) is 16.2. The zero-order valence-corrected chi connectivity index (χ0v) is 16.2. The van der Waals surface area contributed by atoms with Gasteiger partial charge in [-0.3, -0.25) is 0 Å². The number of aromatic nitrogens is 4. The predicted molar refractivity (Wildman–Crippen MR) is 108 cm³/mol. The summed E-state index contributed by atoms with van der Waals surface area (Å²) < 4.78 is 5.43. The van der Waals surface area contributed by atoms with Gasteiger partial charge in [-0.05, 0) is 18.9 Å². The van der Waals surface area contributed by atoms with E-state index >= 15 is 0 Å². The van der Waals surface area contributed by atoms with E-state index in [4.69, 9.17) is 9.72 Å². The minimum atomic E-state index is 0.641. The van der Waals surface area contributed by atoms with Crippen LogP contribution in [0.1, 0.15) is 30.9 Å². The number of hydrogen-bond acceptors (Lipinski definition) is 8. The van der Waals surface area contributed by atoms with Crippen molar-refractivity contribution in [3.8, 4) is 0 Å². The third-order valence-corrected chi connectivity index (χ3v) is 6.05. The molecule has 2 saturated heterocycles. The fraction of sp³-hybridized carbons (Fsp3) is 0.600. The average Bonchev–Trinajstić information content (AvgIpc) is 2.74. The standard InChI is InChI=1S/C20H27N7O/c1-2-16(3-1)17-14-19(23-15-22-17)26-8-6-25(7-9-26)18-4-5-21-20(24-18)27-10-12-28-13-11-27/h4-5,14-16H,1-3,6-13H2. The smallest absolute Gasteiger partial charge is 0.227 e. The Kier molecular flexibility index (Phi) is 4.95. The third-order valence-electron chi connectivity index (χ3n) is 6.05. The first-order valence-electron chi connectivity index (χ1n) is 10.3. The zero-order chi connectivity index (χ0) is 18.8. The van der Waals surface area contributed by atoms with Crippen molar-refractivity contribution in [2.75, 3.05) is 67.2 Å². The van der Waals surface area contributed by atoms with E-state index in [0.717, 1.165) is 70.1 Å². The van der Waals surface area contributed by atoms with Crippen LogP contribution in [-0.2, 0) is 4.74 Å². The molecule has 0 amide bonds. The molecule has 0 radical (unpaired) electrons. The Bertz CT molecular complexity index is 799. The van der Waals surface area contributed by atoms with E-state index in [1.807, 2.05) is 12.3 Å². The van der Waals surface area contributed by atoms with E-state index in [9.17, 15) is 0 Å². The van der Waals surface area contributed by atoms with Crippen LogP contribution in [-0.4, -0.2) is 72.4 Å².